The first-order valence-electron chi connectivity index (χ1n) is 11.9. The predicted molar refractivity (Wildman–Crippen MR) is 146 cm³/mol. The predicted octanol–water partition coefficient (Wildman–Crippen LogP) is 5.98. The molecule has 2 aromatic carbocycles. The second-order valence-electron chi connectivity index (χ2n) is 9.30. The van der Waals surface area contributed by atoms with E-state index in [0.29, 0.717) is 5.11 Å². The summed E-state index contributed by atoms with van der Waals surface area (Å²) < 4.78 is 2.14. The molecule has 0 radical (unpaired) electrons. The molecule has 4 aromatic rings. The Kier molecular flexibility index (Phi) is 6.10. The van der Waals surface area contributed by atoms with Gasteiger partial charge in [0, 0.05) is 29.0 Å². The Balaban J connectivity index is 1.69. The van der Waals surface area contributed by atoms with E-state index < -0.39 is 5.97 Å². The third-order valence-corrected chi connectivity index (χ3v) is 7.21. The number of pyridine rings is 1. The highest BCUT2D eigenvalue weighted by atomic mass is 32.1. The van der Waals surface area contributed by atoms with Crippen molar-refractivity contribution in [1.29, 1.82) is 0 Å². The van der Waals surface area contributed by atoms with Crippen LogP contribution in [0.4, 0.5) is 5.69 Å². The van der Waals surface area contributed by atoms with E-state index in [4.69, 9.17) is 12.2 Å². The molecule has 1 fully saturated rings. The number of benzene rings is 2. The van der Waals surface area contributed by atoms with Gasteiger partial charge in [-0.1, -0.05) is 29.8 Å². The summed E-state index contributed by atoms with van der Waals surface area (Å²) in [7, 11) is 0. The minimum atomic E-state index is -0.940. The smallest absolute Gasteiger partial charge is 0.335 e. The van der Waals surface area contributed by atoms with Crippen molar-refractivity contribution in [2.24, 2.45) is 0 Å². The minimum absolute atomic E-state index is 0.141. The maximum atomic E-state index is 11.7. The number of aryl methyl sites for hydroxylation is 3. The molecule has 2 atom stereocenters. The topological polar surface area (TPSA) is 70.4 Å². The Labute approximate surface area is 216 Å². The van der Waals surface area contributed by atoms with Gasteiger partial charge in [0.15, 0.2) is 5.11 Å². The Morgan fingerprint density at radius 1 is 1.00 bits per heavy atom. The molecule has 1 aliphatic heterocycles. The Morgan fingerprint density at radius 3 is 2.42 bits per heavy atom. The van der Waals surface area contributed by atoms with E-state index in [2.05, 4.69) is 70.9 Å². The standard InChI is InChI=1S/C29H28N4O2S/c1-17-8-12-22(13-9-17)33-27(26(31-29(33)36)24-7-5-6-14-30-24)23-15-19(3)32(20(23)4)25-16-21(28(34)35)11-10-18(25)2/h5-16,26-27H,1-4H3,(H,31,36)(H,34,35)/t26-,27-/m0/s1. The van der Waals surface area contributed by atoms with Gasteiger partial charge in [0.1, 0.15) is 0 Å². The molecule has 0 amide bonds. The number of aromatic nitrogens is 2. The monoisotopic (exact) mass is 496 g/mol. The summed E-state index contributed by atoms with van der Waals surface area (Å²) >= 11 is 5.87. The molecule has 0 spiro atoms. The fourth-order valence-corrected chi connectivity index (χ4v) is 5.44. The lowest BCUT2D eigenvalue weighted by Crippen LogP contribution is -2.29. The highest BCUT2D eigenvalue weighted by molar-refractivity contribution is 7.80. The second kappa shape index (κ2) is 9.24. The summed E-state index contributed by atoms with van der Waals surface area (Å²) in [4.78, 5) is 18.5. The van der Waals surface area contributed by atoms with Crippen molar-refractivity contribution < 1.29 is 9.90 Å². The highest BCUT2D eigenvalue weighted by Crippen LogP contribution is 2.44. The molecule has 1 aliphatic rings. The van der Waals surface area contributed by atoms with E-state index in [-0.39, 0.29) is 17.6 Å². The van der Waals surface area contributed by atoms with Gasteiger partial charge in [-0.15, -0.1) is 0 Å². The first kappa shape index (κ1) is 23.8. The molecule has 3 heterocycles. The summed E-state index contributed by atoms with van der Waals surface area (Å²) in [6.07, 6.45) is 1.80. The van der Waals surface area contributed by atoms with E-state index >= 15 is 0 Å². The van der Waals surface area contributed by atoms with Crippen LogP contribution in [0.5, 0.6) is 0 Å². The zero-order valence-electron chi connectivity index (χ0n) is 20.7. The van der Waals surface area contributed by atoms with Crippen molar-refractivity contribution in [3.05, 3.63) is 112 Å². The largest absolute Gasteiger partial charge is 0.478 e. The van der Waals surface area contributed by atoms with Crippen LogP contribution in [0.1, 0.15) is 56.2 Å². The molecule has 1 saturated heterocycles. The van der Waals surface area contributed by atoms with Crippen LogP contribution in [0.3, 0.4) is 0 Å². The van der Waals surface area contributed by atoms with Gasteiger partial charge in [0.25, 0.3) is 0 Å². The zero-order chi connectivity index (χ0) is 25.6. The van der Waals surface area contributed by atoms with Crippen molar-refractivity contribution in [1.82, 2.24) is 14.9 Å². The molecule has 7 heteroatoms. The van der Waals surface area contributed by atoms with E-state index in [1.807, 2.05) is 31.2 Å². The number of aromatic carboxylic acids is 1. The van der Waals surface area contributed by atoms with E-state index in [1.165, 1.54) is 5.56 Å². The number of nitrogens with zero attached hydrogens (tertiary/aromatic N) is 3. The number of anilines is 1. The summed E-state index contributed by atoms with van der Waals surface area (Å²) in [5, 5.41) is 13.8. The molecule has 5 rings (SSSR count). The van der Waals surface area contributed by atoms with E-state index in [0.717, 1.165) is 39.6 Å². The Morgan fingerprint density at radius 2 is 1.75 bits per heavy atom. The number of thiocarbonyl (C=S) groups is 1. The lowest BCUT2D eigenvalue weighted by molar-refractivity contribution is 0.0697. The normalized spacial score (nSPS) is 17.3. The molecule has 0 unspecified atom stereocenters. The van der Waals surface area contributed by atoms with Crippen molar-refractivity contribution in [2.75, 3.05) is 4.90 Å². The van der Waals surface area contributed by atoms with Crippen molar-refractivity contribution in [3.63, 3.8) is 0 Å². The number of carbonyl (C=O) groups is 1. The van der Waals surface area contributed by atoms with Gasteiger partial charge in [0.2, 0.25) is 0 Å². The fourth-order valence-electron chi connectivity index (χ4n) is 5.10. The van der Waals surface area contributed by atoms with Gasteiger partial charge >= 0.3 is 5.97 Å². The number of hydrogen-bond acceptors (Lipinski definition) is 3. The molecular formula is C29H28N4O2S. The second-order valence-corrected chi connectivity index (χ2v) is 9.69. The SMILES string of the molecule is Cc1ccc(N2C(=S)N[C@@H](c3ccccn3)[C@@H]2c2cc(C)n(-c3cc(C(=O)O)ccc3C)c2C)cc1. The molecule has 0 bridgehead atoms. The van der Waals surface area contributed by atoms with Gasteiger partial charge in [-0.2, -0.15) is 0 Å². The first-order valence-corrected chi connectivity index (χ1v) is 12.3. The highest BCUT2D eigenvalue weighted by Gasteiger charge is 2.42. The van der Waals surface area contributed by atoms with Crippen molar-refractivity contribution in [3.8, 4) is 5.69 Å². The lowest BCUT2D eigenvalue weighted by atomic mass is 9.96. The maximum absolute atomic E-state index is 11.7. The van der Waals surface area contributed by atoms with Crippen molar-refractivity contribution >= 4 is 29.0 Å². The third-order valence-electron chi connectivity index (χ3n) is 6.90. The van der Waals surface area contributed by atoms with Gasteiger partial charge in [-0.3, -0.25) is 4.98 Å². The van der Waals surface area contributed by atoms with E-state index in [9.17, 15) is 9.90 Å². The van der Waals surface area contributed by atoms with Gasteiger partial charge in [-0.25, -0.2) is 4.79 Å². The number of hydrogen-bond donors (Lipinski definition) is 2. The first-order chi connectivity index (χ1) is 17.3. The number of carboxylic acid groups (broad SMARTS) is 1. The quantitative estimate of drug-likeness (QED) is 0.331. The molecule has 6 nitrogen and oxygen atoms in total. The van der Waals surface area contributed by atoms with Crippen LogP contribution in [-0.4, -0.2) is 25.7 Å². The van der Waals surface area contributed by atoms with E-state index in [1.54, 1.807) is 18.3 Å². The van der Waals surface area contributed by atoms with Crippen LogP contribution in [0.25, 0.3) is 5.69 Å². The summed E-state index contributed by atoms with van der Waals surface area (Å²) in [6, 6.07) is 21.4. The van der Waals surface area contributed by atoms with Gasteiger partial charge in [0.05, 0.1) is 23.3 Å². The van der Waals surface area contributed by atoms with Crippen LogP contribution in [0.15, 0.2) is 72.9 Å². The minimum Gasteiger partial charge on any atom is -0.478 e. The summed E-state index contributed by atoms with van der Waals surface area (Å²) in [5.41, 5.74) is 8.40. The molecule has 2 aromatic heterocycles. The molecule has 36 heavy (non-hydrogen) atoms. The third kappa shape index (κ3) is 4.05. The molecular weight excluding hydrogens is 468 g/mol. The number of rotatable bonds is 5. The van der Waals surface area contributed by atoms with Crippen molar-refractivity contribution in [2.45, 2.75) is 39.8 Å². The lowest BCUT2D eigenvalue weighted by Gasteiger charge is -2.28. The Bertz CT molecular complexity index is 1460. The Hall–Kier alpha value is -3.97. The van der Waals surface area contributed by atoms with Gasteiger partial charge in [-0.05, 0) is 93.5 Å². The average Bonchev–Trinajstić information content (AvgIpc) is 3.35. The molecule has 2 N–H and O–H groups in total. The van der Waals surface area contributed by atoms with Crippen LogP contribution in [0.2, 0.25) is 0 Å². The molecule has 0 aliphatic carbocycles. The maximum Gasteiger partial charge on any atom is 0.335 e. The summed E-state index contributed by atoms with van der Waals surface area (Å²) in [6.45, 7) is 8.20. The molecule has 182 valence electrons. The summed E-state index contributed by atoms with van der Waals surface area (Å²) in [5.74, 6) is -0.940. The zero-order valence-corrected chi connectivity index (χ0v) is 21.5. The van der Waals surface area contributed by atoms with Crippen LogP contribution >= 0.6 is 12.2 Å². The van der Waals surface area contributed by atoms with Crippen LogP contribution in [0, 0.1) is 27.7 Å². The average molecular weight is 497 g/mol. The number of nitrogens with one attached hydrogen (secondary N) is 1. The number of carboxylic acids is 1. The fraction of sp³-hybridized carbons (Fsp3) is 0.207. The molecule has 0 saturated carbocycles. The van der Waals surface area contributed by atoms with Crippen LogP contribution < -0.4 is 10.2 Å². The van der Waals surface area contributed by atoms with Gasteiger partial charge < -0.3 is 19.9 Å². The van der Waals surface area contributed by atoms with Crippen LogP contribution in [-0.2, 0) is 0 Å².